The van der Waals surface area contributed by atoms with Crippen molar-refractivity contribution in [3.8, 4) is 5.75 Å². The predicted molar refractivity (Wildman–Crippen MR) is 102 cm³/mol. The molecule has 1 amide bonds. The van der Waals surface area contributed by atoms with Gasteiger partial charge in [0.25, 0.3) is 12.3 Å². The van der Waals surface area contributed by atoms with Crippen LogP contribution in [-0.4, -0.2) is 34.7 Å². The molecule has 1 unspecified atom stereocenters. The summed E-state index contributed by atoms with van der Waals surface area (Å²) in [6.07, 6.45) is 0.913. The van der Waals surface area contributed by atoms with Crippen molar-refractivity contribution in [3.05, 3.63) is 53.1 Å². The lowest BCUT2D eigenvalue weighted by Crippen LogP contribution is -2.28. The van der Waals surface area contributed by atoms with Crippen LogP contribution in [0.25, 0.3) is 0 Å². The van der Waals surface area contributed by atoms with Gasteiger partial charge >= 0.3 is 0 Å². The Morgan fingerprint density at radius 1 is 1.28 bits per heavy atom. The SMILES string of the molecule is Cc1cc(C(C)NC(=O)c2ccnc(CC(=O)C3CC3)n2)ccc1OCC(F)F. The highest BCUT2D eigenvalue weighted by molar-refractivity contribution is 5.92. The molecule has 154 valence electrons. The molecule has 29 heavy (non-hydrogen) atoms. The van der Waals surface area contributed by atoms with Crippen LogP contribution in [0.5, 0.6) is 5.75 Å². The second-order valence-corrected chi connectivity index (χ2v) is 7.20. The van der Waals surface area contributed by atoms with Crippen molar-refractivity contribution < 1.29 is 23.1 Å². The van der Waals surface area contributed by atoms with Crippen LogP contribution in [0.2, 0.25) is 0 Å². The second-order valence-electron chi connectivity index (χ2n) is 7.20. The molecule has 3 rings (SSSR count). The maximum atomic E-state index is 12.5. The van der Waals surface area contributed by atoms with Crippen LogP contribution in [-0.2, 0) is 11.2 Å². The van der Waals surface area contributed by atoms with Crippen LogP contribution in [0.1, 0.15) is 53.2 Å². The van der Waals surface area contributed by atoms with Gasteiger partial charge in [0.2, 0.25) is 0 Å². The maximum Gasteiger partial charge on any atom is 0.272 e. The highest BCUT2D eigenvalue weighted by Gasteiger charge is 2.29. The molecule has 1 atom stereocenters. The summed E-state index contributed by atoms with van der Waals surface area (Å²) in [5.74, 6) is 0.579. The summed E-state index contributed by atoms with van der Waals surface area (Å²) in [5.41, 5.74) is 1.70. The third-order valence-electron chi connectivity index (χ3n) is 4.71. The number of ether oxygens (including phenoxy) is 1. The average Bonchev–Trinajstić information content (AvgIpc) is 3.52. The summed E-state index contributed by atoms with van der Waals surface area (Å²) in [7, 11) is 0. The van der Waals surface area contributed by atoms with Crippen LogP contribution < -0.4 is 10.1 Å². The van der Waals surface area contributed by atoms with Gasteiger partial charge in [-0.3, -0.25) is 9.59 Å². The molecule has 1 aliphatic rings. The molecule has 0 aliphatic heterocycles. The van der Waals surface area contributed by atoms with Gasteiger partial charge in [-0.25, -0.2) is 18.7 Å². The van der Waals surface area contributed by atoms with Crippen molar-refractivity contribution in [2.75, 3.05) is 6.61 Å². The summed E-state index contributed by atoms with van der Waals surface area (Å²) < 4.78 is 29.7. The minimum absolute atomic E-state index is 0.112. The van der Waals surface area contributed by atoms with Gasteiger partial charge < -0.3 is 10.1 Å². The molecule has 6 nitrogen and oxygen atoms in total. The number of nitrogens with zero attached hydrogens (tertiary/aromatic N) is 2. The third kappa shape index (κ3) is 5.79. The van der Waals surface area contributed by atoms with E-state index in [0.29, 0.717) is 17.1 Å². The molecular weight excluding hydrogens is 380 g/mol. The maximum absolute atomic E-state index is 12.5. The van der Waals surface area contributed by atoms with Crippen LogP contribution >= 0.6 is 0 Å². The molecule has 1 aromatic heterocycles. The van der Waals surface area contributed by atoms with E-state index in [1.165, 1.54) is 12.3 Å². The molecule has 1 fully saturated rings. The highest BCUT2D eigenvalue weighted by atomic mass is 19.3. The molecule has 8 heteroatoms. The lowest BCUT2D eigenvalue weighted by molar-refractivity contribution is -0.119. The lowest BCUT2D eigenvalue weighted by Gasteiger charge is -2.16. The molecule has 2 aromatic rings. The molecule has 1 aliphatic carbocycles. The topological polar surface area (TPSA) is 81.2 Å². The van der Waals surface area contributed by atoms with Crippen LogP contribution in [0.15, 0.2) is 30.5 Å². The van der Waals surface area contributed by atoms with Crippen molar-refractivity contribution in [1.29, 1.82) is 0 Å². The van der Waals surface area contributed by atoms with Crippen LogP contribution in [0.3, 0.4) is 0 Å². The Bertz CT molecular complexity index is 900. The molecule has 0 bridgehead atoms. The van der Waals surface area contributed by atoms with Crippen LogP contribution in [0, 0.1) is 12.8 Å². The number of carbonyl (C=O) groups excluding carboxylic acids is 2. The van der Waals surface area contributed by atoms with E-state index in [2.05, 4.69) is 15.3 Å². The summed E-state index contributed by atoms with van der Waals surface area (Å²) in [6, 6.07) is 6.28. The van der Waals surface area contributed by atoms with Gasteiger partial charge in [0.05, 0.1) is 12.5 Å². The highest BCUT2D eigenvalue weighted by Crippen LogP contribution is 2.30. The molecule has 0 spiro atoms. The molecule has 0 radical (unpaired) electrons. The number of carbonyl (C=O) groups is 2. The molecular formula is C21H23F2N3O3. The summed E-state index contributed by atoms with van der Waals surface area (Å²) in [4.78, 5) is 32.8. The van der Waals surface area contributed by atoms with E-state index in [0.717, 1.165) is 18.4 Å². The third-order valence-corrected chi connectivity index (χ3v) is 4.71. The minimum Gasteiger partial charge on any atom is -0.487 e. The number of Topliss-reactive ketones (excluding diaryl/α,β-unsaturated/α-hetero) is 1. The molecule has 1 saturated carbocycles. The summed E-state index contributed by atoms with van der Waals surface area (Å²) in [6.45, 7) is 2.91. The van der Waals surface area contributed by atoms with Crippen molar-refractivity contribution in [3.63, 3.8) is 0 Å². The lowest BCUT2D eigenvalue weighted by atomic mass is 10.0. The number of rotatable bonds is 9. The van der Waals surface area contributed by atoms with E-state index in [1.807, 2.05) is 6.92 Å². The van der Waals surface area contributed by atoms with Gasteiger partial charge in [0.15, 0.2) is 0 Å². The predicted octanol–water partition coefficient (Wildman–Crippen LogP) is 3.44. The van der Waals surface area contributed by atoms with Gasteiger partial charge in [-0.1, -0.05) is 12.1 Å². The monoisotopic (exact) mass is 403 g/mol. The zero-order valence-electron chi connectivity index (χ0n) is 16.3. The fourth-order valence-corrected chi connectivity index (χ4v) is 2.93. The van der Waals surface area contributed by atoms with E-state index in [4.69, 9.17) is 4.74 Å². The van der Waals surface area contributed by atoms with Gasteiger partial charge in [-0.05, 0) is 49.9 Å². The molecule has 1 aromatic carbocycles. The first-order valence-electron chi connectivity index (χ1n) is 9.50. The normalized spacial score (nSPS) is 14.5. The Balaban J connectivity index is 1.62. The van der Waals surface area contributed by atoms with E-state index in [9.17, 15) is 18.4 Å². The van der Waals surface area contributed by atoms with Crippen molar-refractivity contribution in [1.82, 2.24) is 15.3 Å². The standard InChI is InChI=1S/C21H23F2N3O3/c1-12-9-15(5-6-18(12)29-11-19(22)23)13(2)25-21(28)16-7-8-24-20(26-16)10-17(27)14-3-4-14/h5-9,13-14,19H,3-4,10-11H2,1-2H3,(H,25,28). The van der Waals surface area contributed by atoms with E-state index in [-0.39, 0.29) is 35.8 Å². The number of aromatic nitrogens is 2. The van der Waals surface area contributed by atoms with Crippen molar-refractivity contribution in [2.24, 2.45) is 5.92 Å². The minimum atomic E-state index is -2.54. The largest absolute Gasteiger partial charge is 0.487 e. The molecule has 1 heterocycles. The van der Waals surface area contributed by atoms with Gasteiger partial charge in [0.1, 0.15) is 29.7 Å². The number of nitrogens with one attached hydrogen (secondary N) is 1. The zero-order chi connectivity index (χ0) is 21.0. The fourth-order valence-electron chi connectivity index (χ4n) is 2.93. The second kappa shape index (κ2) is 9.07. The summed E-state index contributed by atoms with van der Waals surface area (Å²) in [5, 5.41) is 2.85. The number of aryl methyl sites for hydroxylation is 1. The number of halogens is 2. The first-order chi connectivity index (χ1) is 13.8. The number of alkyl halides is 2. The fraction of sp³-hybridized carbons (Fsp3) is 0.429. The van der Waals surface area contributed by atoms with E-state index >= 15 is 0 Å². The molecule has 1 N–H and O–H groups in total. The van der Waals surface area contributed by atoms with Crippen molar-refractivity contribution in [2.45, 2.75) is 45.6 Å². The Labute approximate surface area is 167 Å². The number of ketones is 1. The Morgan fingerprint density at radius 3 is 2.69 bits per heavy atom. The summed E-state index contributed by atoms with van der Waals surface area (Å²) >= 11 is 0. The molecule has 0 saturated heterocycles. The van der Waals surface area contributed by atoms with Crippen LogP contribution in [0.4, 0.5) is 8.78 Å². The Kier molecular flexibility index (Phi) is 6.51. The first-order valence-corrected chi connectivity index (χ1v) is 9.50. The number of hydrogen-bond donors (Lipinski definition) is 1. The first kappa shape index (κ1) is 20.8. The van der Waals surface area contributed by atoms with Gasteiger partial charge in [0, 0.05) is 12.1 Å². The zero-order valence-corrected chi connectivity index (χ0v) is 16.3. The number of amides is 1. The van der Waals surface area contributed by atoms with Gasteiger partial charge in [-0.15, -0.1) is 0 Å². The number of hydrogen-bond acceptors (Lipinski definition) is 5. The average molecular weight is 403 g/mol. The quantitative estimate of drug-likeness (QED) is 0.694. The number of benzene rings is 1. The Hall–Kier alpha value is -2.90. The smallest absolute Gasteiger partial charge is 0.272 e. The Morgan fingerprint density at radius 2 is 2.03 bits per heavy atom. The van der Waals surface area contributed by atoms with Crippen molar-refractivity contribution >= 4 is 11.7 Å². The van der Waals surface area contributed by atoms with Gasteiger partial charge in [-0.2, -0.15) is 0 Å². The van der Waals surface area contributed by atoms with E-state index in [1.54, 1.807) is 25.1 Å². The van der Waals surface area contributed by atoms with E-state index < -0.39 is 13.0 Å².